The second-order valence-electron chi connectivity index (χ2n) is 8.08. The molecule has 0 bridgehead atoms. The summed E-state index contributed by atoms with van der Waals surface area (Å²) in [5.41, 5.74) is -5.07. The van der Waals surface area contributed by atoms with Crippen molar-refractivity contribution >= 4 is 24.2 Å². The van der Waals surface area contributed by atoms with Gasteiger partial charge in [-0.3, -0.25) is 0 Å². The molecule has 0 heterocycles. The van der Waals surface area contributed by atoms with E-state index in [-0.39, 0.29) is 0 Å². The summed E-state index contributed by atoms with van der Waals surface area (Å²) in [6, 6.07) is 5.26. The molecule has 2 aliphatic carbocycles. The zero-order chi connectivity index (χ0) is 27.6. The van der Waals surface area contributed by atoms with E-state index in [1.165, 1.54) is 0 Å². The first-order valence-corrected chi connectivity index (χ1v) is 10.5. The fraction of sp³-hybridized carbons (Fsp3) is 0.0833. The van der Waals surface area contributed by atoms with Crippen molar-refractivity contribution in [2.45, 2.75) is 12.2 Å². The van der Waals surface area contributed by atoms with Gasteiger partial charge in [0.1, 0.15) is 23.8 Å². The van der Waals surface area contributed by atoms with E-state index < -0.39 is 111 Å². The molecule has 0 saturated carbocycles. The van der Waals surface area contributed by atoms with E-state index in [0.717, 1.165) is 36.4 Å². The highest BCUT2D eigenvalue weighted by molar-refractivity contribution is 6.61. The van der Waals surface area contributed by atoms with E-state index in [0.29, 0.717) is 0 Å². The summed E-state index contributed by atoms with van der Waals surface area (Å²) in [6.45, 7) is 0. The van der Waals surface area contributed by atoms with Crippen molar-refractivity contribution in [3.05, 3.63) is 111 Å². The van der Waals surface area contributed by atoms with Gasteiger partial charge in [0.2, 0.25) is 0 Å². The van der Waals surface area contributed by atoms with E-state index in [9.17, 15) is 48.3 Å². The molecule has 0 amide bonds. The lowest BCUT2D eigenvalue weighted by molar-refractivity contribution is 0.118. The molecular formula is C24H8BF11O2. The second kappa shape index (κ2) is 9.28. The van der Waals surface area contributed by atoms with Crippen molar-refractivity contribution in [3.8, 4) is 0 Å². The van der Waals surface area contributed by atoms with Gasteiger partial charge < -0.3 is 9.31 Å². The van der Waals surface area contributed by atoms with Crippen LogP contribution in [0.1, 0.15) is 34.5 Å². The van der Waals surface area contributed by atoms with Crippen molar-refractivity contribution in [2.24, 2.45) is 0 Å². The van der Waals surface area contributed by atoms with E-state index >= 15 is 0 Å². The molecule has 196 valence electrons. The van der Waals surface area contributed by atoms with Crippen LogP contribution in [0.15, 0.2) is 48.1 Å². The van der Waals surface area contributed by atoms with E-state index in [4.69, 9.17) is 9.31 Å². The Morgan fingerprint density at radius 3 is 1.26 bits per heavy atom. The van der Waals surface area contributed by atoms with Gasteiger partial charge in [-0.25, -0.2) is 48.3 Å². The quantitative estimate of drug-likeness (QED) is 0.147. The Kier molecular flexibility index (Phi) is 6.34. The molecule has 38 heavy (non-hydrogen) atoms. The molecule has 0 aromatic heterocycles. The highest BCUT2D eigenvalue weighted by atomic mass is 19.2. The molecule has 0 aliphatic heterocycles. The van der Waals surface area contributed by atoms with Gasteiger partial charge in [0.25, 0.3) is 0 Å². The largest absolute Gasteiger partial charge is 0.501 e. The zero-order valence-electron chi connectivity index (χ0n) is 18.2. The first-order valence-electron chi connectivity index (χ1n) is 10.5. The fourth-order valence-corrected chi connectivity index (χ4v) is 4.23. The first kappa shape index (κ1) is 26.0. The predicted molar refractivity (Wildman–Crippen MR) is 110 cm³/mol. The second-order valence-corrected chi connectivity index (χ2v) is 8.08. The van der Waals surface area contributed by atoms with Crippen LogP contribution in [-0.2, 0) is 9.31 Å². The standard InChI is InChI=1S/C24H8BF11O2/c26-9-5-1-3-7-11(9)14(28)21(35)23(7)37-25(13-16(30)18(32)20(34)19(33)17(13)31)38-24-8-4-2-6-10(27)12(8)15(29)22(24)36/h1-6,23-24H. The smallest absolute Gasteiger partial charge is 0.393 e. The number of halogens is 11. The van der Waals surface area contributed by atoms with Crippen molar-refractivity contribution in [2.75, 3.05) is 0 Å². The molecule has 3 aromatic carbocycles. The molecule has 2 aliphatic rings. The minimum atomic E-state index is -2.96. The summed E-state index contributed by atoms with van der Waals surface area (Å²) in [4.78, 5) is 0. The molecular weight excluding hydrogens is 540 g/mol. The molecule has 14 heteroatoms. The molecule has 0 saturated heterocycles. The van der Waals surface area contributed by atoms with E-state index in [2.05, 4.69) is 0 Å². The normalized spacial score (nSPS) is 18.4. The Morgan fingerprint density at radius 1 is 0.500 bits per heavy atom. The maximum Gasteiger partial charge on any atom is 0.501 e. The molecule has 0 radical (unpaired) electrons. The highest BCUT2D eigenvalue weighted by Gasteiger charge is 2.46. The van der Waals surface area contributed by atoms with Gasteiger partial charge in [-0.2, -0.15) is 0 Å². The van der Waals surface area contributed by atoms with E-state index in [1.807, 2.05) is 0 Å². The monoisotopic (exact) mass is 548 g/mol. The van der Waals surface area contributed by atoms with Crippen LogP contribution in [0.2, 0.25) is 0 Å². The van der Waals surface area contributed by atoms with Gasteiger partial charge in [0.15, 0.2) is 52.4 Å². The third kappa shape index (κ3) is 3.73. The number of hydrogen-bond donors (Lipinski definition) is 0. The maximum atomic E-state index is 14.8. The van der Waals surface area contributed by atoms with Gasteiger partial charge in [-0.15, -0.1) is 0 Å². The summed E-state index contributed by atoms with van der Waals surface area (Å²) in [7, 11) is -2.96. The summed E-state index contributed by atoms with van der Waals surface area (Å²) in [5.74, 6) is -22.6. The lowest BCUT2D eigenvalue weighted by Gasteiger charge is -2.24. The molecule has 3 aromatic rings. The van der Waals surface area contributed by atoms with Gasteiger partial charge >= 0.3 is 7.12 Å². The van der Waals surface area contributed by atoms with Crippen LogP contribution < -0.4 is 5.46 Å². The van der Waals surface area contributed by atoms with Crippen molar-refractivity contribution in [1.29, 1.82) is 0 Å². The lowest BCUT2D eigenvalue weighted by atomic mass is 9.76. The van der Waals surface area contributed by atoms with Crippen molar-refractivity contribution < 1.29 is 57.6 Å². The topological polar surface area (TPSA) is 18.5 Å². The molecule has 0 N–H and O–H groups in total. The van der Waals surface area contributed by atoms with Crippen LogP contribution in [0.3, 0.4) is 0 Å². The summed E-state index contributed by atoms with van der Waals surface area (Å²) in [5, 5.41) is 0. The fourth-order valence-electron chi connectivity index (χ4n) is 4.23. The van der Waals surface area contributed by atoms with Crippen LogP contribution in [0.25, 0.3) is 11.7 Å². The Hall–Kier alpha value is -3.65. The average Bonchev–Trinajstić information content (AvgIpc) is 3.28. The minimum Gasteiger partial charge on any atom is -0.393 e. The Bertz CT molecular complexity index is 1460. The summed E-state index contributed by atoms with van der Waals surface area (Å²) >= 11 is 0. The van der Waals surface area contributed by atoms with Crippen LogP contribution in [0.5, 0.6) is 0 Å². The molecule has 2 atom stereocenters. The number of benzene rings is 3. The Balaban J connectivity index is 1.67. The third-order valence-corrected chi connectivity index (χ3v) is 5.97. The zero-order valence-corrected chi connectivity index (χ0v) is 18.2. The highest BCUT2D eigenvalue weighted by Crippen LogP contribution is 2.48. The molecule has 5 rings (SSSR count). The van der Waals surface area contributed by atoms with Crippen LogP contribution >= 0.6 is 0 Å². The molecule has 2 unspecified atom stereocenters. The minimum absolute atomic E-state index is 0.613. The summed E-state index contributed by atoms with van der Waals surface area (Å²) in [6.07, 6.45) is -4.77. The van der Waals surface area contributed by atoms with Crippen LogP contribution in [-0.4, -0.2) is 7.12 Å². The number of hydrogen-bond acceptors (Lipinski definition) is 2. The van der Waals surface area contributed by atoms with E-state index in [1.54, 1.807) is 0 Å². The summed E-state index contributed by atoms with van der Waals surface area (Å²) < 4.78 is 168. The SMILES string of the molecule is FC1=C(F)C(OB(OC2C(F)=C(F)c3c(F)cccc32)c2c(F)c(F)c(F)c(F)c2F)c2cccc(F)c21. The predicted octanol–water partition coefficient (Wildman–Crippen LogP) is 7.11. The number of rotatable bonds is 5. The lowest BCUT2D eigenvalue weighted by Crippen LogP contribution is -2.44. The molecule has 0 spiro atoms. The molecule has 2 nitrogen and oxygen atoms in total. The Morgan fingerprint density at radius 2 is 0.868 bits per heavy atom. The van der Waals surface area contributed by atoms with Gasteiger partial charge in [-0.05, 0) is 23.3 Å². The molecule has 0 fully saturated rings. The van der Waals surface area contributed by atoms with Crippen LogP contribution in [0, 0.1) is 40.7 Å². The maximum absolute atomic E-state index is 14.8. The van der Waals surface area contributed by atoms with Gasteiger partial charge in [-0.1, -0.05) is 24.3 Å². The first-order chi connectivity index (χ1) is 18.0. The average molecular weight is 548 g/mol. The van der Waals surface area contributed by atoms with Crippen LogP contribution in [0.4, 0.5) is 48.3 Å². The third-order valence-electron chi connectivity index (χ3n) is 5.97. The Labute approximate surface area is 205 Å². The van der Waals surface area contributed by atoms with Gasteiger partial charge in [0.05, 0.1) is 16.6 Å². The van der Waals surface area contributed by atoms with Crippen molar-refractivity contribution in [3.63, 3.8) is 0 Å². The van der Waals surface area contributed by atoms with Gasteiger partial charge in [0, 0.05) is 0 Å². The number of fused-ring (bicyclic) bond motifs is 2. The van der Waals surface area contributed by atoms with Crippen molar-refractivity contribution in [1.82, 2.24) is 0 Å².